The van der Waals surface area contributed by atoms with Crippen LogP contribution in [0.15, 0.2) is 24.3 Å². The maximum Gasteiger partial charge on any atom is 0.416 e. The zero-order valence-corrected chi connectivity index (χ0v) is 10.5. The molecule has 0 aliphatic rings. The minimum atomic E-state index is -4.25. The van der Waals surface area contributed by atoms with Gasteiger partial charge < -0.3 is 5.32 Å². The quantitative estimate of drug-likeness (QED) is 0.788. The molecular formula is C12H16F3NS. The summed E-state index contributed by atoms with van der Waals surface area (Å²) in [5.74, 6) is 2.11. The van der Waals surface area contributed by atoms with E-state index in [-0.39, 0.29) is 0 Å². The molecule has 0 aliphatic heterocycles. The molecule has 1 rings (SSSR count). The van der Waals surface area contributed by atoms with Gasteiger partial charge in [-0.2, -0.15) is 24.9 Å². The first-order valence-electron chi connectivity index (χ1n) is 5.48. The van der Waals surface area contributed by atoms with Crippen molar-refractivity contribution in [2.45, 2.75) is 19.6 Å². The largest absolute Gasteiger partial charge is 0.416 e. The van der Waals surface area contributed by atoms with E-state index in [0.29, 0.717) is 6.54 Å². The summed E-state index contributed by atoms with van der Waals surface area (Å²) >= 11 is 1.84. The summed E-state index contributed by atoms with van der Waals surface area (Å²) in [5.41, 5.74) is 0.280. The first-order chi connectivity index (χ1) is 8.04. The van der Waals surface area contributed by atoms with Gasteiger partial charge in [0.15, 0.2) is 0 Å². The molecule has 0 amide bonds. The highest BCUT2D eigenvalue weighted by molar-refractivity contribution is 7.99. The molecule has 0 saturated carbocycles. The molecule has 0 heterocycles. The van der Waals surface area contributed by atoms with Gasteiger partial charge in [0.05, 0.1) is 5.56 Å². The van der Waals surface area contributed by atoms with Crippen LogP contribution in [0.2, 0.25) is 0 Å². The lowest BCUT2D eigenvalue weighted by Gasteiger charge is -2.08. The van der Waals surface area contributed by atoms with Crippen molar-refractivity contribution in [3.05, 3.63) is 35.4 Å². The molecule has 0 fully saturated rings. The second-order valence-electron chi connectivity index (χ2n) is 3.57. The van der Waals surface area contributed by atoms with Crippen molar-refractivity contribution in [2.24, 2.45) is 0 Å². The minimum Gasteiger partial charge on any atom is -0.312 e. The van der Waals surface area contributed by atoms with Crippen LogP contribution < -0.4 is 5.32 Å². The first-order valence-corrected chi connectivity index (χ1v) is 6.64. The van der Waals surface area contributed by atoms with Crippen LogP contribution in [-0.4, -0.2) is 18.1 Å². The van der Waals surface area contributed by atoms with Crippen LogP contribution in [-0.2, 0) is 12.7 Å². The normalized spacial score (nSPS) is 11.8. The minimum absolute atomic E-state index is 0.595. The Balaban J connectivity index is 2.36. The summed E-state index contributed by atoms with van der Waals surface area (Å²) in [6.07, 6.45) is -4.25. The van der Waals surface area contributed by atoms with Crippen molar-refractivity contribution < 1.29 is 13.2 Å². The molecule has 1 nitrogen and oxygen atoms in total. The summed E-state index contributed by atoms with van der Waals surface area (Å²) in [6.45, 7) is 3.59. The van der Waals surface area contributed by atoms with Crippen molar-refractivity contribution in [3.8, 4) is 0 Å². The van der Waals surface area contributed by atoms with E-state index in [4.69, 9.17) is 0 Å². The van der Waals surface area contributed by atoms with Gasteiger partial charge in [0.25, 0.3) is 0 Å². The number of rotatable bonds is 6. The SMILES string of the molecule is CCSCCNCc1ccc(C(F)(F)F)cc1. The number of hydrogen-bond donors (Lipinski definition) is 1. The summed E-state index contributed by atoms with van der Waals surface area (Å²) in [6, 6.07) is 5.28. The molecule has 1 N–H and O–H groups in total. The van der Waals surface area contributed by atoms with E-state index in [0.717, 1.165) is 35.7 Å². The van der Waals surface area contributed by atoms with E-state index in [1.165, 1.54) is 12.1 Å². The average Bonchev–Trinajstić information content (AvgIpc) is 2.28. The van der Waals surface area contributed by atoms with E-state index >= 15 is 0 Å². The number of benzene rings is 1. The van der Waals surface area contributed by atoms with Crippen molar-refractivity contribution in [2.75, 3.05) is 18.1 Å². The zero-order valence-electron chi connectivity index (χ0n) is 9.68. The average molecular weight is 263 g/mol. The third kappa shape index (κ3) is 5.46. The molecular weight excluding hydrogens is 247 g/mol. The second kappa shape index (κ2) is 6.91. The molecule has 0 saturated heterocycles. The van der Waals surface area contributed by atoms with Gasteiger partial charge in [-0.25, -0.2) is 0 Å². The number of halogens is 3. The lowest BCUT2D eigenvalue weighted by Crippen LogP contribution is -2.16. The van der Waals surface area contributed by atoms with Crippen LogP contribution in [0.4, 0.5) is 13.2 Å². The predicted molar refractivity (Wildman–Crippen MR) is 66.1 cm³/mol. The Morgan fingerprint density at radius 2 is 1.82 bits per heavy atom. The Bertz CT molecular complexity index is 322. The molecule has 0 atom stereocenters. The monoisotopic (exact) mass is 263 g/mol. The standard InChI is InChI=1S/C12H16F3NS/c1-2-17-8-7-16-9-10-3-5-11(6-4-10)12(13,14)15/h3-6,16H,2,7-9H2,1H3. The van der Waals surface area contributed by atoms with Gasteiger partial charge in [-0.3, -0.25) is 0 Å². The predicted octanol–water partition coefficient (Wildman–Crippen LogP) is 3.55. The molecule has 5 heteroatoms. The number of alkyl halides is 3. The van der Waals surface area contributed by atoms with Crippen molar-refractivity contribution in [1.82, 2.24) is 5.32 Å². The Labute approximate surface area is 104 Å². The summed E-state index contributed by atoms with van der Waals surface area (Å²) < 4.78 is 36.9. The summed E-state index contributed by atoms with van der Waals surface area (Å²) in [7, 11) is 0. The molecule has 0 aliphatic carbocycles. The van der Waals surface area contributed by atoms with E-state index in [2.05, 4.69) is 12.2 Å². The van der Waals surface area contributed by atoms with Crippen LogP contribution in [0.3, 0.4) is 0 Å². The van der Waals surface area contributed by atoms with Gasteiger partial charge in [0, 0.05) is 18.8 Å². The van der Waals surface area contributed by atoms with E-state index < -0.39 is 11.7 Å². The van der Waals surface area contributed by atoms with Crippen molar-refractivity contribution in [1.29, 1.82) is 0 Å². The van der Waals surface area contributed by atoms with Crippen molar-refractivity contribution >= 4 is 11.8 Å². The molecule has 0 radical (unpaired) electrons. The molecule has 96 valence electrons. The highest BCUT2D eigenvalue weighted by atomic mass is 32.2. The maximum atomic E-state index is 12.3. The number of thioether (sulfide) groups is 1. The Kier molecular flexibility index (Phi) is 5.85. The van der Waals surface area contributed by atoms with Crippen LogP contribution in [0.1, 0.15) is 18.1 Å². The Hall–Kier alpha value is -0.680. The lowest BCUT2D eigenvalue weighted by atomic mass is 10.1. The van der Waals surface area contributed by atoms with E-state index in [1.54, 1.807) is 0 Å². The zero-order chi connectivity index (χ0) is 12.7. The second-order valence-corrected chi connectivity index (χ2v) is 4.96. The number of hydrogen-bond acceptors (Lipinski definition) is 2. The third-order valence-electron chi connectivity index (χ3n) is 2.24. The fraction of sp³-hybridized carbons (Fsp3) is 0.500. The topological polar surface area (TPSA) is 12.0 Å². The smallest absolute Gasteiger partial charge is 0.312 e. The van der Waals surface area contributed by atoms with Gasteiger partial charge in [0.2, 0.25) is 0 Å². The van der Waals surface area contributed by atoms with E-state index in [1.807, 2.05) is 11.8 Å². The fourth-order valence-electron chi connectivity index (χ4n) is 1.33. The van der Waals surface area contributed by atoms with Gasteiger partial charge in [0.1, 0.15) is 0 Å². The van der Waals surface area contributed by atoms with Crippen molar-refractivity contribution in [3.63, 3.8) is 0 Å². The third-order valence-corrected chi connectivity index (χ3v) is 3.14. The lowest BCUT2D eigenvalue weighted by molar-refractivity contribution is -0.137. The Morgan fingerprint density at radius 3 is 2.35 bits per heavy atom. The maximum absolute atomic E-state index is 12.3. The molecule has 1 aromatic rings. The molecule has 0 bridgehead atoms. The van der Waals surface area contributed by atoms with Gasteiger partial charge >= 0.3 is 6.18 Å². The van der Waals surface area contributed by atoms with Gasteiger partial charge in [-0.15, -0.1) is 0 Å². The van der Waals surface area contributed by atoms with Crippen LogP contribution >= 0.6 is 11.8 Å². The van der Waals surface area contributed by atoms with Crippen LogP contribution in [0.25, 0.3) is 0 Å². The summed E-state index contributed by atoms with van der Waals surface area (Å²) in [4.78, 5) is 0. The fourth-order valence-corrected chi connectivity index (χ4v) is 1.91. The van der Waals surface area contributed by atoms with Crippen LogP contribution in [0.5, 0.6) is 0 Å². The van der Waals surface area contributed by atoms with Gasteiger partial charge in [-0.1, -0.05) is 19.1 Å². The molecule has 0 unspecified atom stereocenters. The first kappa shape index (κ1) is 14.4. The molecule has 0 aromatic heterocycles. The number of nitrogens with one attached hydrogen (secondary N) is 1. The van der Waals surface area contributed by atoms with Gasteiger partial charge in [-0.05, 0) is 23.4 Å². The molecule has 0 spiro atoms. The molecule has 1 aromatic carbocycles. The molecule has 17 heavy (non-hydrogen) atoms. The Morgan fingerprint density at radius 1 is 1.18 bits per heavy atom. The summed E-state index contributed by atoms with van der Waals surface area (Å²) in [5, 5.41) is 3.19. The van der Waals surface area contributed by atoms with E-state index in [9.17, 15) is 13.2 Å². The highest BCUT2D eigenvalue weighted by Crippen LogP contribution is 2.28. The van der Waals surface area contributed by atoms with Crippen LogP contribution in [0, 0.1) is 0 Å². The highest BCUT2D eigenvalue weighted by Gasteiger charge is 2.29.